The van der Waals surface area contributed by atoms with Crippen LogP contribution in [0.15, 0.2) is 36.4 Å². The first kappa shape index (κ1) is 17.5. The summed E-state index contributed by atoms with van der Waals surface area (Å²) in [6.07, 6.45) is 0. The number of amides is 1. The number of carbonyl (C=O) groups excluding carboxylic acids is 2. The van der Waals surface area contributed by atoms with Crippen LogP contribution in [0.25, 0.3) is 0 Å². The molecule has 0 aliphatic carbocycles. The van der Waals surface area contributed by atoms with Crippen molar-refractivity contribution < 1.29 is 14.3 Å². The minimum absolute atomic E-state index is 0.208. The van der Waals surface area contributed by atoms with Gasteiger partial charge in [-0.05, 0) is 29.8 Å². The van der Waals surface area contributed by atoms with Crippen LogP contribution in [0.1, 0.15) is 38.8 Å². The lowest BCUT2D eigenvalue weighted by atomic mass is 9.84. The predicted molar refractivity (Wildman–Crippen MR) is 92.5 cm³/mol. The van der Waals surface area contributed by atoms with Gasteiger partial charge in [0.15, 0.2) is 0 Å². The molecule has 0 bridgehead atoms. The van der Waals surface area contributed by atoms with Gasteiger partial charge in [0.1, 0.15) is 4.88 Å². The smallest absolute Gasteiger partial charge is 0.348 e. The largest absolute Gasteiger partial charge is 0.465 e. The number of hydrogen-bond acceptors (Lipinski definition) is 4. The Morgan fingerprint density at radius 2 is 1.91 bits per heavy atom. The predicted octanol–water partition coefficient (Wildman–Crippen LogP) is 3.90. The minimum atomic E-state index is -0.437. The number of benzene rings is 1. The van der Waals surface area contributed by atoms with Gasteiger partial charge in [0, 0.05) is 17.0 Å². The first-order valence-corrected chi connectivity index (χ1v) is 8.25. The molecule has 4 nitrogen and oxygen atoms in total. The highest BCUT2D eigenvalue weighted by Gasteiger charge is 2.22. The summed E-state index contributed by atoms with van der Waals surface area (Å²) in [5.74, 6) is -0.645. The van der Waals surface area contributed by atoms with E-state index < -0.39 is 5.97 Å². The van der Waals surface area contributed by atoms with E-state index in [1.165, 1.54) is 7.11 Å². The van der Waals surface area contributed by atoms with Crippen molar-refractivity contribution in [2.45, 2.75) is 19.3 Å². The monoisotopic (exact) mass is 351 g/mol. The van der Waals surface area contributed by atoms with Gasteiger partial charge in [-0.15, -0.1) is 11.3 Å². The van der Waals surface area contributed by atoms with Crippen LogP contribution in [-0.2, 0) is 10.2 Å². The molecule has 0 saturated carbocycles. The number of nitrogens with one attached hydrogen (secondary N) is 1. The molecule has 0 spiro atoms. The fourth-order valence-electron chi connectivity index (χ4n) is 2.07. The van der Waals surface area contributed by atoms with Crippen LogP contribution in [0.2, 0.25) is 5.02 Å². The van der Waals surface area contributed by atoms with E-state index in [0.29, 0.717) is 21.3 Å². The second-order valence-corrected chi connectivity index (χ2v) is 7.25. The SMILES string of the molecule is COC(=O)c1ccc(C(=O)NCC(C)(C)c2cccc(Cl)c2)s1. The van der Waals surface area contributed by atoms with Gasteiger partial charge in [-0.1, -0.05) is 37.6 Å². The zero-order valence-corrected chi connectivity index (χ0v) is 14.8. The fourth-order valence-corrected chi connectivity index (χ4v) is 3.10. The lowest BCUT2D eigenvalue weighted by Gasteiger charge is -2.25. The summed E-state index contributed by atoms with van der Waals surface area (Å²) in [6.45, 7) is 4.53. The Hall–Kier alpha value is -1.85. The number of methoxy groups -OCH3 is 1. The molecule has 0 saturated heterocycles. The summed E-state index contributed by atoms with van der Waals surface area (Å²) in [5, 5.41) is 3.57. The molecule has 0 atom stereocenters. The molecule has 1 aromatic carbocycles. The second kappa shape index (κ2) is 7.15. The summed E-state index contributed by atoms with van der Waals surface area (Å²) in [7, 11) is 1.31. The third-order valence-electron chi connectivity index (χ3n) is 3.51. The molecule has 0 aliphatic heterocycles. The van der Waals surface area contributed by atoms with Crippen molar-refractivity contribution in [1.82, 2.24) is 5.32 Å². The summed E-state index contributed by atoms with van der Waals surface area (Å²) < 4.78 is 4.64. The lowest BCUT2D eigenvalue weighted by Crippen LogP contribution is -2.36. The molecule has 23 heavy (non-hydrogen) atoms. The lowest BCUT2D eigenvalue weighted by molar-refractivity contribution is 0.0606. The van der Waals surface area contributed by atoms with Crippen molar-refractivity contribution in [2.24, 2.45) is 0 Å². The Bertz CT molecular complexity index is 724. The highest BCUT2D eigenvalue weighted by molar-refractivity contribution is 7.15. The van der Waals surface area contributed by atoms with Gasteiger partial charge in [-0.3, -0.25) is 4.79 Å². The third-order valence-corrected chi connectivity index (χ3v) is 4.81. The Balaban J connectivity index is 2.03. The maximum Gasteiger partial charge on any atom is 0.348 e. The average Bonchev–Trinajstić information content (AvgIpc) is 3.02. The third kappa shape index (κ3) is 4.33. The van der Waals surface area contributed by atoms with Gasteiger partial charge in [0.25, 0.3) is 5.91 Å². The summed E-state index contributed by atoms with van der Waals surface area (Å²) in [5.41, 5.74) is 0.787. The fraction of sp³-hybridized carbons (Fsp3) is 0.294. The Morgan fingerprint density at radius 1 is 1.22 bits per heavy atom. The Morgan fingerprint density at radius 3 is 2.57 bits per heavy atom. The van der Waals surface area contributed by atoms with E-state index in [1.54, 1.807) is 12.1 Å². The average molecular weight is 352 g/mol. The van der Waals surface area contributed by atoms with Crippen LogP contribution >= 0.6 is 22.9 Å². The summed E-state index contributed by atoms with van der Waals surface area (Å²) in [6, 6.07) is 10.8. The van der Waals surface area contributed by atoms with Crippen molar-refractivity contribution in [3.8, 4) is 0 Å². The molecule has 2 rings (SSSR count). The highest BCUT2D eigenvalue weighted by atomic mass is 35.5. The van der Waals surface area contributed by atoms with E-state index in [4.69, 9.17) is 11.6 Å². The standard InChI is InChI=1S/C17H18ClNO3S/c1-17(2,11-5-4-6-12(18)9-11)10-19-15(20)13-7-8-14(23-13)16(21)22-3/h4-9H,10H2,1-3H3,(H,19,20). The Labute approximate surface area is 144 Å². The van der Waals surface area contributed by atoms with Gasteiger partial charge < -0.3 is 10.1 Å². The zero-order chi connectivity index (χ0) is 17.0. The molecule has 1 aromatic heterocycles. The van der Waals surface area contributed by atoms with E-state index in [2.05, 4.69) is 10.1 Å². The van der Waals surface area contributed by atoms with Gasteiger partial charge in [-0.2, -0.15) is 0 Å². The summed E-state index contributed by atoms with van der Waals surface area (Å²) in [4.78, 5) is 24.6. The molecular weight excluding hydrogens is 334 g/mol. The maximum absolute atomic E-state index is 12.2. The summed E-state index contributed by atoms with van der Waals surface area (Å²) >= 11 is 7.14. The maximum atomic E-state index is 12.2. The Kier molecular flexibility index (Phi) is 5.44. The first-order valence-electron chi connectivity index (χ1n) is 7.06. The van der Waals surface area contributed by atoms with E-state index in [1.807, 2.05) is 38.1 Å². The van der Waals surface area contributed by atoms with Gasteiger partial charge in [0.2, 0.25) is 0 Å². The van der Waals surface area contributed by atoms with Crippen molar-refractivity contribution in [3.63, 3.8) is 0 Å². The number of halogens is 1. The molecule has 1 N–H and O–H groups in total. The normalized spacial score (nSPS) is 11.1. The molecule has 1 amide bonds. The van der Waals surface area contributed by atoms with Crippen molar-refractivity contribution in [2.75, 3.05) is 13.7 Å². The van der Waals surface area contributed by atoms with Crippen LogP contribution in [0.5, 0.6) is 0 Å². The molecule has 2 aromatic rings. The van der Waals surface area contributed by atoms with Crippen molar-refractivity contribution >= 4 is 34.8 Å². The van der Waals surface area contributed by atoms with E-state index >= 15 is 0 Å². The molecule has 0 aliphatic rings. The van der Waals surface area contributed by atoms with E-state index in [9.17, 15) is 9.59 Å². The number of thiophene rings is 1. The number of esters is 1. The van der Waals surface area contributed by atoms with E-state index in [-0.39, 0.29) is 11.3 Å². The topological polar surface area (TPSA) is 55.4 Å². The first-order chi connectivity index (χ1) is 10.8. The highest BCUT2D eigenvalue weighted by Crippen LogP contribution is 2.25. The number of ether oxygens (including phenoxy) is 1. The minimum Gasteiger partial charge on any atom is -0.465 e. The van der Waals surface area contributed by atoms with Crippen LogP contribution in [-0.4, -0.2) is 25.5 Å². The molecule has 122 valence electrons. The van der Waals surface area contributed by atoms with Crippen LogP contribution < -0.4 is 5.32 Å². The number of rotatable bonds is 5. The van der Waals surface area contributed by atoms with Crippen LogP contribution in [0, 0.1) is 0 Å². The van der Waals surface area contributed by atoms with Gasteiger partial charge in [-0.25, -0.2) is 4.79 Å². The molecular formula is C17H18ClNO3S. The van der Waals surface area contributed by atoms with Gasteiger partial charge >= 0.3 is 5.97 Å². The number of carbonyl (C=O) groups is 2. The van der Waals surface area contributed by atoms with Crippen molar-refractivity contribution in [1.29, 1.82) is 0 Å². The van der Waals surface area contributed by atoms with Crippen molar-refractivity contribution in [3.05, 3.63) is 56.7 Å². The zero-order valence-electron chi connectivity index (χ0n) is 13.2. The second-order valence-electron chi connectivity index (χ2n) is 5.73. The number of hydrogen-bond donors (Lipinski definition) is 1. The van der Waals surface area contributed by atoms with Gasteiger partial charge in [0.05, 0.1) is 12.0 Å². The van der Waals surface area contributed by atoms with Crippen LogP contribution in [0.3, 0.4) is 0 Å². The molecule has 0 unspecified atom stereocenters. The molecule has 0 radical (unpaired) electrons. The van der Waals surface area contributed by atoms with E-state index in [0.717, 1.165) is 16.9 Å². The molecule has 6 heteroatoms. The van der Waals surface area contributed by atoms with Crippen LogP contribution in [0.4, 0.5) is 0 Å². The quantitative estimate of drug-likeness (QED) is 0.831. The molecule has 1 heterocycles. The molecule has 0 fully saturated rings.